The van der Waals surface area contributed by atoms with Crippen molar-refractivity contribution in [3.63, 3.8) is 0 Å². The second-order valence-corrected chi connectivity index (χ2v) is 3.00. The van der Waals surface area contributed by atoms with Crippen molar-refractivity contribution in [2.75, 3.05) is 13.1 Å². The van der Waals surface area contributed by atoms with Crippen LogP contribution in [0.4, 0.5) is 8.78 Å². The van der Waals surface area contributed by atoms with Gasteiger partial charge in [-0.3, -0.25) is 4.79 Å². The first-order valence-corrected chi connectivity index (χ1v) is 4.55. The number of hydrogen-bond donors (Lipinski definition) is 2. The van der Waals surface area contributed by atoms with Gasteiger partial charge in [0.05, 0.1) is 6.54 Å². The first-order chi connectivity index (χ1) is 7.15. The molecule has 0 bridgehead atoms. The van der Waals surface area contributed by atoms with E-state index in [1.54, 1.807) is 0 Å². The molecular formula is C10H12F2N2O. The van der Waals surface area contributed by atoms with Crippen LogP contribution in [0.3, 0.4) is 0 Å². The third-order valence-corrected chi connectivity index (χ3v) is 1.94. The quantitative estimate of drug-likeness (QED) is 0.770. The van der Waals surface area contributed by atoms with Crippen LogP contribution >= 0.6 is 0 Å². The summed E-state index contributed by atoms with van der Waals surface area (Å²) >= 11 is 0. The molecule has 0 saturated heterocycles. The van der Waals surface area contributed by atoms with Gasteiger partial charge in [-0.05, 0) is 18.6 Å². The molecule has 0 fully saturated rings. The van der Waals surface area contributed by atoms with Crippen molar-refractivity contribution in [2.45, 2.75) is 6.42 Å². The van der Waals surface area contributed by atoms with Gasteiger partial charge in [0.2, 0.25) is 5.91 Å². The van der Waals surface area contributed by atoms with Gasteiger partial charge in [-0.25, -0.2) is 8.78 Å². The Kier molecular flexibility index (Phi) is 4.17. The lowest BCUT2D eigenvalue weighted by atomic mass is 10.1. The molecule has 3 N–H and O–H groups in total. The van der Waals surface area contributed by atoms with E-state index in [-0.39, 0.29) is 31.0 Å². The van der Waals surface area contributed by atoms with E-state index in [0.717, 1.165) is 0 Å². The third kappa shape index (κ3) is 3.28. The van der Waals surface area contributed by atoms with E-state index in [1.807, 2.05) is 0 Å². The van der Waals surface area contributed by atoms with Crippen LogP contribution in [0.1, 0.15) is 5.56 Å². The highest BCUT2D eigenvalue weighted by atomic mass is 19.1. The molecule has 0 atom stereocenters. The number of carbonyl (C=O) groups is 1. The molecule has 0 aliphatic heterocycles. The lowest BCUT2D eigenvalue weighted by Gasteiger charge is -2.05. The van der Waals surface area contributed by atoms with Gasteiger partial charge in [-0.2, -0.15) is 0 Å². The number of halogens is 2. The summed E-state index contributed by atoms with van der Waals surface area (Å²) in [4.78, 5) is 10.7. The summed E-state index contributed by atoms with van der Waals surface area (Å²) in [6.45, 7) is 0.0492. The molecule has 5 heteroatoms. The second-order valence-electron chi connectivity index (χ2n) is 3.00. The van der Waals surface area contributed by atoms with Gasteiger partial charge in [0.1, 0.15) is 11.6 Å². The average molecular weight is 214 g/mol. The van der Waals surface area contributed by atoms with Crippen LogP contribution in [-0.4, -0.2) is 19.0 Å². The van der Waals surface area contributed by atoms with Gasteiger partial charge in [0.25, 0.3) is 0 Å². The average Bonchev–Trinajstić information content (AvgIpc) is 2.22. The molecule has 1 rings (SSSR count). The molecule has 0 aliphatic carbocycles. The van der Waals surface area contributed by atoms with E-state index in [2.05, 4.69) is 5.32 Å². The number of hydrogen-bond acceptors (Lipinski definition) is 2. The van der Waals surface area contributed by atoms with E-state index < -0.39 is 11.6 Å². The Morgan fingerprint density at radius 1 is 1.33 bits per heavy atom. The number of carbonyl (C=O) groups excluding carboxylic acids is 1. The van der Waals surface area contributed by atoms with Gasteiger partial charge in [0.15, 0.2) is 0 Å². The van der Waals surface area contributed by atoms with Gasteiger partial charge >= 0.3 is 0 Å². The number of rotatable bonds is 4. The zero-order valence-electron chi connectivity index (χ0n) is 8.09. The minimum Gasteiger partial charge on any atom is -0.355 e. The lowest BCUT2D eigenvalue weighted by Crippen LogP contribution is -2.32. The molecule has 0 unspecified atom stereocenters. The molecule has 1 aromatic carbocycles. The van der Waals surface area contributed by atoms with Crippen LogP contribution < -0.4 is 11.1 Å². The number of amides is 1. The third-order valence-electron chi connectivity index (χ3n) is 1.94. The van der Waals surface area contributed by atoms with Gasteiger partial charge in [-0.15, -0.1) is 0 Å². The SMILES string of the molecule is NCC(=O)NCCc1c(F)cccc1F. The molecule has 3 nitrogen and oxygen atoms in total. The molecule has 1 amide bonds. The molecule has 0 saturated carbocycles. The molecule has 0 radical (unpaired) electrons. The Hall–Kier alpha value is -1.49. The highest BCUT2D eigenvalue weighted by molar-refractivity contribution is 5.77. The Morgan fingerprint density at radius 2 is 1.93 bits per heavy atom. The number of nitrogens with one attached hydrogen (secondary N) is 1. The maximum Gasteiger partial charge on any atom is 0.233 e. The van der Waals surface area contributed by atoms with Crippen LogP contribution in [0.2, 0.25) is 0 Å². The normalized spacial score (nSPS) is 10.1. The van der Waals surface area contributed by atoms with Crippen LogP contribution in [0.25, 0.3) is 0 Å². The molecule has 0 aliphatic rings. The molecular weight excluding hydrogens is 202 g/mol. The summed E-state index contributed by atoms with van der Waals surface area (Å²) in [5.41, 5.74) is 5.03. The Bertz CT molecular complexity index is 335. The van der Waals surface area contributed by atoms with Gasteiger partial charge in [-0.1, -0.05) is 6.07 Å². The highest BCUT2D eigenvalue weighted by Crippen LogP contribution is 2.11. The largest absolute Gasteiger partial charge is 0.355 e. The lowest BCUT2D eigenvalue weighted by molar-refractivity contribution is -0.119. The molecule has 0 heterocycles. The fraction of sp³-hybridized carbons (Fsp3) is 0.300. The summed E-state index contributed by atoms with van der Waals surface area (Å²) in [6.07, 6.45) is 0.115. The first-order valence-electron chi connectivity index (χ1n) is 4.55. The zero-order chi connectivity index (χ0) is 11.3. The fourth-order valence-electron chi connectivity index (χ4n) is 1.17. The van der Waals surface area contributed by atoms with Crippen molar-refractivity contribution < 1.29 is 13.6 Å². The van der Waals surface area contributed by atoms with E-state index >= 15 is 0 Å². The smallest absolute Gasteiger partial charge is 0.233 e. The second kappa shape index (κ2) is 5.41. The maximum absolute atomic E-state index is 13.1. The molecule has 1 aromatic rings. The van der Waals surface area contributed by atoms with Crippen molar-refractivity contribution in [1.82, 2.24) is 5.32 Å². The Balaban J connectivity index is 2.54. The minimum atomic E-state index is -0.600. The predicted octanol–water partition coefficient (Wildman–Crippen LogP) is 0.582. The van der Waals surface area contributed by atoms with E-state index in [0.29, 0.717) is 0 Å². The predicted molar refractivity (Wildman–Crippen MR) is 52.1 cm³/mol. The molecule has 0 aromatic heterocycles. The summed E-state index contributed by atoms with van der Waals surface area (Å²) in [5, 5.41) is 2.44. The Labute approximate surface area is 86.3 Å². The van der Waals surface area contributed by atoms with E-state index in [1.165, 1.54) is 18.2 Å². The first kappa shape index (κ1) is 11.6. The summed E-state index contributed by atoms with van der Waals surface area (Å²) in [7, 11) is 0. The summed E-state index contributed by atoms with van der Waals surface area (Å²) < 4.78 is 26.2. The molecule has 15 heavy (non-hydrogen) atoms. The Morgan fingerprint density at radius 3 is 2.47 bits per heavy atom. The maximum atomic E-state index is 13.1. The van der Waals surface area contributed by atoms with Gasteiger partial charge in [0, 0.05) is 12.1 Å². The van der Waals surface area contributed by atoms with Crippen molar-refractivity contribution >= 4 is 5.91 Å². The standard InChI is InChI=1S/C10H12F2N2O/c11-8-2-1-3-9(12)7(8)4-5-14-10(15)6-13/h1-3H,4-6,13H2,(H,14,15). The summed E-state index contributed by atoms with van der Waals surface area (Å²) in [6, 6.07) is 3.67. The van der Waals surface area contributed by atoms with Crippen molar-refractivity contribution in [2.24, 2.45) is 5.73 Å². The minimum absolute atomic E-state index is 0.0187. The van der Waals surface area contributed by atoms with Gasteiger partial charge < -0.3 is 11.1 Å². The van der Waals surface area contributed by atoms with E-state index in [9.17, 15) is 13.6 Å². The fourth-order valence-corrected chi connectivity index (χ4v) is 1.17. The monoisotopic (exact) mass is 214 g/mol. The number of benzene rings is 1. The number of nitrogens with two attached hydrogens (primary N) is 1. The summed E-state index contributed by atoms with van der Waals surface area (Å²) in [5.74, 6) is -1.54. The van der Waals surface area contributed by atoms with Crippen LogP contribution in [-0.2, 0) is 11.2 Å². The van der Waals surface area contributed by atoms with E-state index in [4.69, 9.17) is 5.73 Å². The van der Waals surface area contributed by atoms with Crippen LogP contribution in [0.5, 0.6) is 0 Å². The van der Waals surface area contributed by atoms with Crippen molar-refractivity contribution in [3.05, 3.63) is 35.4 Å². The highest BCUT2D eigenvalue weighted by Gasteiger charge is 2.07. The zero-order valence-corrected chi connectivity index (χ0v) is 8.09. The van der Waals surface area contributed by atoms with Crippen molar-refractivity contribution in [3.8, 4) is 0 Å². The molecule has 0 spiro atoms. The van der Waals surface area contributed by atoms with Crippen LogP contribution in [0.15, 0.2) is 18.2 Å². The van der Waals surface area contributed by atoms with Crippen molar-refractivity contribution in [1.29, 1.82) is 0 Å². The topological polar surface area (TPSA) is 55.1 Å². The molecule has 82 valence electrons. The van der Waals surface area contributed by atoms with Crippen LogP contribution in [0, 0.1) is 11.6 Å².